The van der Waals surface area contributed by atoms with Crippen LogP contribution in [0.15, 0.2) is 54.6 Å². The second kappa shape index (κ2) is 9.71. The molecule has 2 aromatic rings. The summed E-state index contributed by atoms with van der Waals surface area (Å²) in [5.41, 5.74) is 2.03. The van der Waals surface area contributed by atoms with Gasteiger partial charge in [-0.05, 0) is 48.9 Å². The highest BCUT2D eigenvalue weighted by atomic mass is 16.5. The van der Waals surface area contributed by atoms with Crippen LogP contribution in [0.4, 0.5) is 5.69 Å². The number of rotatable bonds is 6. The molecule has 0 bridgehead atoms. The molecule has 2 amide bonds. The van der Waals surface area contributed by atoms with Crippen molar-refractivity contribution < 1.29 is 19.1 Å². The number of carbonyl (C=O) groups is 2. The fraction of sp³-hybridized carbons (Fsp3) is 0.273. The Balaban J connectivity index is 1.59. The Morgan fingerprint density at radius 3 is 2.61 bits per heavy atom. The number of hydrogen-bond donors (Lipinski definition) is 1. The Kier molecular flexibility index (Phi) is 6.81. The summed E-state index contributed by atoms with van der Waals surface area (Å²) < 4.78 is 10.7. The Morgan fingerprint density at radius 2 is 1.89 bits per heavy atom. The summed E-state index contributed by atoms with van der Waals surface area (Å²) in [7, 11) is 0. The molecule has 1 fully saturated rings. The summed E-state index contributed by atoms with van der Waals surface area (Å²) >= 11 is 0. The molecule has 146 valence electrons. The summed E-state index contributed by atoms with van der Waals surface area (Å²) in [5.74, 6) is 0.486. The molecule has 2 aromatic carbocycles. The maximum Gasteiger partial charge on any atom is 0.254 e. The molecule has 0 aromatic heterocycles. The number of anilines is 1. The second-order valence-corrected chi connectivity index (χ2v) is 6.31. The highest BCUT2D eigenvalue weighted by molar-refractivity contribution is 6.03. The average molecular weight is 380 g/mol. The van der Waals surface area contributed by atoms with Gasteiger partial charge in [0, 0.05) is 30.4 Å². The van der Waals surface area contributed by atoms with Gasteiger partial charge in [0.05, 0.1) is 19.8 Å². The maximum absolute atomic E-state index is 12.6. The van der Waals surface area contributed by atoms with Crippen molar-refractivity contribution >= 4 is 23.6 Å². The van der Waals surface area contributed by atoms with E-state index >= 15 is 0 Å². The third kappa shape index (κ3) is 5.44. The summed E-state index contributed by atoms with van der Waals surface area (Å²) in [5, 5.41) is 2.80. The SMILES string of the molecule is CCOc1ccc(/C=C/C(=O)Nc2cccc(C(=O)N3CCOCC3)c2)cc1. The maximum atomic E-state index is 12.6. The molecule has 6 nitrogen and oxygen atoms in total. The van der Waals surface area contributed by atoms with E-state index in [1.807, 2.05) is 31.2 Å². The topological polar surface area (TPSA) is 67.9 Å². The molecule has 0 unspecified atom stereocenters. The monoisotopic (exact) mass is 380 g/mol. The second-order valence-electron chi connectivity index (χ2n) is 6.31. The number of amides is 2. The fourth-order valence-corrected chi connectivity index (χ4v) is 2.88. The summed E-state index contributed by atoms with van der Waals surface area (Å²) in [6.45, 7) is 4.82. The normalized spacial score (nSPS) is 14.1. The van der Waals surface area contributed by atoms with E-state index in [1.54, 1.807) is 35.2 Å². The van der Waals surface area contributed by atoms with Gasteiger partial charge in [0.1, 0.15) is 5.75 Å². The smallest absolute Gasteiger partial charge is 0.254 e. The van der Waals surface area contributed by atoms with Gasteiger partial charge in [-0.15, -0.1) is 0 Å². The Hall–Kier alpha value is -3.12. The highest BCUT2D eigenvalue weighted by Gasteiger charge is 2.18. The number of benzene rings is 2. The summed E-state index contributed by atoms with van der Waals surface area (Å²) in [4.78, 5) is 26.5. The van der Waals surface area contributed by atoms with Crippen LogP contribution in [-0.2, 0) is 9.53 Å². The largest absolute Gasteiger partial charge is 0.494 e. The first-order valence-electron chi connectivity index (χ1n) is 9.34. The number of carbonyl (C=O) groups excluding carboxylic acids is 2. The zero-order valence-corrected chi connectivity index (χ0v) is 15.9. The van der Waals surface area contributed by atoms with Crippen molar-refractivity contribution in [2.75, 3.05) is 38.2 Å². The first kappa shape index (κ1) is 19.6. The molecule has 0 radical (unpaired) electrons. The van der Waals surface area contributed by atoms with Crippen LogP contribution in [0.3, 0.4) is 0 Å². The molecular weight excluding hydrogens is 356 g/mol. The average Bonchev–Trinajstić information content (AvgIpc) is 2.74. The van der Waals surface area contributed by atoms with E-state index in [1.165, 1.54) is 6.08 Å². The van der Waals surface area contributed by atoms with Crippen LogP contribution >= 0.6 is 0 Å². The molecule has 0 saturated carbocycles. The van der Waals surface area contributed by atoms with Crippen molar-refractivity contribution in [2.45, 2.75) is 6.92 Å². The molecule has 1 N–H and O–H groups in total. The third-order valence-corrected chi connectivity index (χ3v) is 4.29. The third-order valence-electron chi connectivity index (χ3n) is 4.29. The summed E-state index contributed by atoms with van der Waals surface area (Å²) in [6.07, 6.45) is 3.19. The number of ether oxygens (including phenoxy) is 2. The van der Waals surface area contributed by atoms with Crippen molar-refractivity contribution in [1.82, 2.24) is 4.90 Å². The summed E-state index contributed by atoms with van der Waals surface area (Å²) in [6, 6.07) is 14.5. The van der Waals surface area contributed by atoms with Crippen molar-refractivity contribution in [1.29, 1.82) is 0 Å². The van der Waals surface area contributed by atoms with Gasteiger partial charge in [-0.2, -0.15) is 0 Å². The molecule has 1 aliphatic heterocycles. The van der Waals surface area contributed by atoms with Crippen LogP contribution in [0.1, 0.15) is 22.8 Å². The van der Waals surface area contributed by atoms with Crippen molar-refractivity contribution in [3.8, 4) is 5.75 Å². The van der Waals surface area contributed by atoms with E-state index < -0.39 is 0 Å². The van der Waals surface area contributed by atoms with Gasteiger partial charge in [-0.1, -0.05) is 18.2 Å². The molecule has 1 saturated heterocycles. The van der Waals surface area contributed by atoms with Crippen LogP contribution in [0, 0.1) is 0 Å². The number of hydrogen-bond acceptors (Lipinski definition) is 4. The van der Waals surface area contributed by atoms with Crippen LogP contribution in [0.2, 0.25) is 0 Å². The Morgan fingerprint density at radius 1 is 1.14 bits per heavy atom. The predicted octanol–water partition coefficient (Wildman–Crippen LogP) is 3.21. The fourth-order valence-electron chi connectivity index (χ4n) is 2.88. The lowest BCUT2D eigenvalue weighted by Gasteiger charge is -2.27. The molecular formula is C22H24N2O4. The predicted molar refractivity (Wildman–Crippen MR) is 108 cm³/mol. The van der Waals surface area contributed by atoms with Gasteiger partial charge in [-0.3, -0.25) is 9.59 Å². The van der Waals surface area contributed by atoms with Crippen LogP contribution in [-0.4, -0.2) is 49.6 Å². The minimum absolute atomic E-state index is 0.0515. The number of morpholine rings is 1. The lowest BCUT2D eigenvalue weighted by molar-refractivity contribution is -0.111. The molecule has 1 aliphatic rings. The van der Waals surface area contributed by atoms with E-state index in [0.29, 0.717) is 44.2 Å². The number of nitrogens with one attached hydrogen (secondary N) is 1. The van der Waals surface area contributed by atoms with E-state index in [9.17, 15) is 9.59 Å². The first-order chi connectivity index (χ1) is 13.7. The van der Waals surface area contributed by atoms with Crippen molar-refractivity contribution in [3.63, 3.8) is 0 Å². The van der Waals surface area contributed by atoms with Gasteiger partial charge in [0.15, 0.2) is 0 Å². The molecule has 0 aliphatic carbocycles. The van der Waals surface area contributed by atoms with Gasteiger partial charge < -0.3 is 19.7 Å². The van der Waals surface area contributed by atoms with Gasteiger partial charge in [-0.25, -0.2) is 0 Å². The van der Waals surface area contributed by atoms with E-state index in [-0.39, 0.29) is 11.8 Å². The molecule has 6 heteroatoms. The van der Waals surface area contributed by atoms with E-state index in [4.69, 9.17) is 9.47 Å². The molecule has 0 spiro atoms. The highest BCUT2D eigenvalue weighted by Crippen LogP contribution is 2.15. The van der Waals surface area contributed by atoms with Gasteiger partial charge in [0.25, 0.3) is 5.91 Å². The minimum Gasteiger partial charge on any atom is -0.494 e. The van der Waals surface area contributed by atoms with Crippen molar-refractivity contribution in [2.24, 2.45) is 0 Å². The molecule has 0 atom stereocenters. The van der Waals surface area contributed by atoms with Crippen LogP contribution in [0.25, 0.3) is 6.08 Å². The van der Waals surface area contributed by atoms with E-state index in [0.717, 1.165) is 11.3 Å². The zero-order chi connectivity index (χ0) is 19.8. The van der Waals surface area contributed by atoms with Crippen molar-refractivity contribution in [3.05, 3.63) is 65.7 Å². The Labute approximate surface area is 164 Å². The standard InChI is InChI=1S/C22H24N2O4/c1-2-28-20-9-6-17(7-10-20)8-11-21(25)23-19-5-3-4-18(16-19)22(26)24-12-14-27-15-13-24/h3-11,16H,2,12-15H2,1H3,(H,23,25)/b11-8+. The van der Waals surface area contributed by atoms with Crippen LogP contribution in [0.5, 0.6) is 5.75 Å². The van der Waals surface area contributed by atoms with Gasteiger partial charge >= 0.3 is 0 Å². The first-order valence-corrected chi connectivity index (χ1v) is 9.34. The molecule has 28 heavy (non-hydrogen) atoms. The lowest BCUT2D eigenvalue weighted by Crippen LogP contribution is -2.40. The minimum atomic E-state index is -0.259. The molecule has 3 rings (SSSR count). The van der Waals surface area contributed by atoms with Gasteiger partial charge in [0.2, 0.25) is 5.91 Å². The lowest BCUT2D eigenvalue weighted by atomic mass is 10.1. The zero-order valence-electron chi connectivity index (χ0n) is 15.9. The quantitative estimate of drug-likeness (QED) is 0.782. The van der Waals surface area contributed by atoms with Crippen LogP contribution < -0.4 is 10.1 Å². The van der Waals surface area contributed by atoms with E-state index in [2.05, 4.69) is 5.32 Å². The molecule has 1 heterocycles. The number of nitrogens with zero attached hydrogens (tertiary/aromatic N) is 1. The Bertz CT molecular complexity index is 840.